The molecule has 0 aliphatic heterocycles. The molecule has 0 radical (unpaired) electrons. The Kier molecular flexibility index (Phi) is 5.38. The van der Waals surface area contributed by atoms with Crippen LogP contribution < -0.4 is 5.73 Å². The molecule has 0 saturated heterocycles. The maximum atomic E-state index is 10.7. The third-order valence-electron chi connectivity index (χ3n) is 3.05. The molecule has 9 nitrogen and oxygen atoms in total. The first-order valence-corrected chi connectivity index (χ1v) is 8.51. The zero-order valence-corrected chi connectivity index (χ0v) is 13.1. The molecule has 122 valence electrons. The normalized spacial score (nSPS) is 13.6. The van der Waals surface area contributed by atoms with Gasteiger partial charge in [-0.1, -0.05) is 11.6 Å². The lowest BCUT2D eigenvalue weighted by Gasteiger charge is -2.18. The summed E-state index contributed by atoms with van der Waals surface area (Å²) in [6, 6.07) is 1.14. The standard InChI is InChI=1S/C11H16ClN4O5P/c12-9-3-8-10(13)14-5-15-11(8)16(9)7(4-17)1-2-21-6-22(18,19)20/h3,5,7,17H,1-2,4,6H2,(H2,13,14,15)(H2,18,19,20). The Bertz CT molecular complexity index is 703. The van der Waals surface area contributed by atoms with Crippen LogP contribution in [0.1, 0.15) is 12.5 Å². The fourth-order valence-electron chi connectivity index (χ4n) is 2.07. The molecule has 1 unspecified atom stereocenters. The van der Waals surface area contributed by atoms with E-state index >= 15 is 0 Å². The maximum absolute atomic E-state index is 10.7. The molecule has 2 heterocycles. The monoisotopic (exact) mass is 350 g/mol. The molecule has 2 aromatic heterocycles. The van der Waals surface area contributed by atoms with E-state index in [1.807, 2.05) is 0 Å². The van der Waals surface area contributed by atoms with Gasteiger partial charge in [0.1, 0.15) is 29.3 Å². The third-order valence-corrected chi connectivity index (χ3v) is 3.86. The van der Waals surface area contributed by atoms with Crippen LogP contribution in [0.15, 0.2) is 12.4 Å². The molecule has 0 fully saturated rings. The first-order valence-electron chi connectivity index (χ1n) is 6.33. The van der Waals surface area contributed by atoms with Crippen LogP contribution in [0, 0.1) is 0 Å². The number of rotatable bonds is 7. The number of hydrogen-bond donors (Lipinski definition) is 4. The van der Waals surface area contributed by atoms with Crippen molar-refractivity contribution in [1.29, 1.82) is 0 Å². The lowest BCUT2D eigenvalue weighted by Crippen LogP contribution is -2.16. The van der Waals surface area contributed by atoms with Gasteiger partial charge >= 0.3 is 7.60 Å². The molecule has 0 aliphatic carbocycles. The second-order valence-electron chi connectivity index (χ2n) is 4.66. The molecule has 2 aromatic rings. The molecule has 5 N–H and O–H groups in total. The van der Waals surface area contributed by atoms with Gasteiger partial charge in [-0.15, -0.1) is 0 Å². The summed E-state index contributed by atoms with van der Waals surface area (Å²) in [5.74, 6) is 0.278. The summed E-state index contributed by atoms with van der Waals surface area (Å²) in [5.41, 5.74) is 6.23. The van der Waals surface area contributed by atoms with Gasteiger partial charge in [0.15, 0.2) is 0 Å². The van der Waals surface area contributed by atoms with Crippen molar-refractivity contribution in [2.24, 2.45) is 0 Å². The zero-order chi connectivity index (χ0) is 16.3. The van der Waals surface area contributed by atoms with E-state index in [0.717, 1.165) is 0 Å². The van der Waals surface area contributed by atoms with Crippen molar-refractivity contribution in [2.75, 3.05) is 25.3 Å². The number of aliphatic hydroxyl groups excluding tert-OH is 1. The Morgan fingerprint density at radius 3 is 2.82 bits per heavy atom. The summed E-state index contributed by atoms with van der Waals surface area (Å²) in [6.07, 6.45) is 0.924. The van der Waals surface area contributed by atoms with Crippen molar-refractivity contribution in [2.45, 2.75) is 12.5 Å². The average molecular weight is 351 g/mol. The van der Waals surface area contributed by atoms with Gasteiger partial charge in [-0.3, -0.25) is 4.57 Å². The fourth-order valence-corrected chi connectivity index (χ4v) is 2.77. The van der Waals surface area contributed by atoms with E-state index in [4.69, 9.17) is 31.9 Å². The van der Waals surface area contributed by atoms with E-state index in [-0.39, 0.29) is 19.0 Å². The Morgan fingerprint density at radius 1 is 1.45 bits per heavy atom. The molecule has 22 heavy (non-hydrogen) atoms. The number of fused-ring (bicyclic) bond motifs is 1. The number of nitrogens with zero attached hydrogens (tertiary/aromatic N) is 3. The summed E-state index contributed by atoms with van der Waals surface area (Å²) in [5, 5.41) is 10.4. The summed E-state index contributed by atoms with van der Waals surface area (Å²) < 4.78 is 17.2. The van der Waals surface area contributed by atoms with E-state index in [1.54, 1.807) is 10.6 Å². The van der Waals surface area contributed by atoms with Gasteiger partial charge in [-0.2, -0.15) is 0 Å². The summed E-state index contributed by atoms with van der Waals surface area (Å²) >= 11 is 6.16. The number of ether oxygens (including phenoxy) is 1. The van der Waals surface area contributed by atoms with Gasteiger partial charge in [0.25, 0.3) is 0 Å². The van der Waals surface area contributed by atoms with Crippen molar-refractivity contribution >= 4 is 36.0 Å². The highest BCUT2D eigenvalue weighted by atomic mass is 35.5. The maximum Gasteiger partial charge on any atom is 0.350 e. The number of nitrogens with two attached hydrogens (primary N) is 1. The van der Waals surface area contributed by atoms with Crippen LogP contribution in [-0.2, 0) is 9.30 Å². The number of aliphatic hydroxyl groups is 1. The van der Waals surface area contributed by atoms with Crippen LogP contribution >= 0.6 is 19.2 Å². The minimum Gasteiger partial charge on any atom is -0.394 e. The number of aromatic nitrogens is 3. The molecule has 0 aliphatic rings. The lowest BCUT2D eigenvalue weighted by molar-refractivity contribution is 0.127. The first kappa shape index (κ1) is 17.1. The van der Waals surface area contributed by atoms with Crippen molar-refractivity contribution in [3.8, 4) is 0 Å². The fraction of sp³-hybridized carbons (Fsp3) is 0.455. The molecule has 2 rings (SSSR count). The molecule has 0 bridgehead atoms. The van der Waals surface area contributed by atoms with Crippen molar-refractivity contribution in [1.82, 2.24) is 14.5 Å². The summed E-state index contributed by atoms with van der Waals surface area (Å²) in [6.45, 7) is -0.195. The lowest BCUT2D eigenvalue weighted by atomic mass is 10.2. The average Bonchev–Trinajstić information content (AvgIpc) is 2.76. The van der Waals surface area contributed by atoms with Gasteiger partial charge in [0.05, 0.1) is 18.0 Å². The molecule has 0 saturated carbocycles. The van der Waals surface area contributed by atoms with Gasteiger partial charge in [0.2, 0.25) is 0 Å². The van der Waals surface area contributed by atoms with E-state index < -0.39 is 20.0 Å². The van der Waals surface area contributed by atoms with Gasteiger partial charge < -0.3 is 29.9 Å². The molecule has 11 heteroatoms. The van der Waals surface area contributed by atoms with Crippen LogP contribution in [-0.4, -0.2) is 49.0 Å². The van der Waals surface area contributed by atoms with E-state index in [0.29, 0.717) is 22.6 Å². The molecule has 0 amide bonds. The first-order chi connectivity index (χ1) is 10.3. The second kappa shape index (κ2) is 6.91. The predicted molar refractivity (Wildman–Crippen MR) is 80.6 cm³/mol. The molecule has 1 atom stereocenters. The Labute approximate surface area is 130 Å². The van der Waals surface area contributed by atoms with E-state index in [2.05, 4.69) is 9.97 Å². The summed E-state index contributed by atoms with van der Waals surface area (Å²) in [7, 11) is -4.20. The quantitative estimate of drug-likeness (QED) is 0.423. The number of hydrogen-bond acceptors (Lipinski definition) is 6. The zero-order valence-electron chi connectivity index (χ0n) is 11.5. The minimum absolute atomic E-state index is 0.0485. The van der Waals surface area contributed by atoms with Crippen molar-refractivity contribution < 1.29 is 24.2 Å². The second-order valence-corrected chi connectivity index (χ2v) is 6.64. The van der Waals surface area contributed by atoms with Crippen molar-refractivity contribution in [3.63, 3.8) is 0 Å². The third kappa shape index (κ3) is 3.95. The highest BCUT2D eigenvalue weighted by Gasteiger charge is 2.20. The van der Waals surface area contributed by atoms with Crippen LogP contribution in [0.3, 0.4) is 0 Å². The number of nitrogen functional groups attached to an aromatic ring is 1. The largest absolute Gasteiger partial charge is 0.394 e. The number of anilines is 1. The van der Waals surface area contributed by atoms with Gasteiger partial charge in [-0.05, 0) is 12.5 Å². The molecular formula is C11H16ClN4O5P. The van der Waals surface area contributed by atoms with Gasteiger partial charge in [-0.25, -0.2) is 9.97 Å². The topological polar surface area (TPSA) is 144 Å². The Balaban J connectivity index is 2.16. The molecular weight excluding hydrogens is 335 g/mol. The highest BCUT2D eigenvalue weighted by molar-refractivity contribution is 7.51. The molecule has 0 aromatic carbocycles. The van der Waals surface area contributed by atoms with Gasteiger partial charge in [0, 0.05) is 6.61 Å². The van der Waals surface area contributed by atoms with Crippen LogP contribution in [0.2, 0.25) is 5.15 Å². The van der Waals surface area contributed by atoms with E-state index in [1.165, 1.54) is 6.33 Å². The smallest absolute Gasteiger partial charge is 0.350 e. The van der Waals surface area contributed by atoms with Crippen LogP contribution in [0.4, 0.5) is 5.82 Å². The highest BCUT2D eigenvalue weighted by Crippen LogP contribution is 2.34. The van der Waals surface area contributed by atoms with Crippen LogP contribution in [0.25, 0.3) is 11.0 Å². The SMILES string of the molecule is Nc1ncnc2c1cc(Cl)n2C(CO)CCOCP(=O)(O)O. The number of halogens is 1. The van der Waals surface area contributed by atoms with Crippen molar-refractivity contribution in [3.05, 3.63) is 17.5 Å². The Hall–Kier alpha value is -1.22. The van der Waals surface area contributed by atoms with E-state index in [9.17, 15) is 9.67 Å². The Morgan fingerprint density at radius 2 is 2.18 bits per heavy atom. The summed E-state index contributed by atoms with van der Waals surface area (Å²) in [4.78, 5) is 25.4. The van der Waals surface area contributed by atoms with Crippen LogP contribution in [0.5, 0.6) is 0 Å². The minimum atomic E-state index is -4.20. The molecule has 0 spiro atoms. The predicted octanol–water partition coefficient (Wildman–Crippen LogP) is 0.742.